The SMILES string of the molecule is CCOc1cnc(O)c(C(N)=O)n1. The zero-order chi connectivity index (χ0) is 9.84. The Kier molecular flexibility index (Phi) is 2.63. The summed E-state index contributed by atoms with van der Waals surface area (Å²) in [5, 5.41) is 9.04. The Labute approximate surface area is 74.4 Å². The Morgan fingerprint density at radius 1 is 1.77 bits per heavy atom. The molecule has 1 aromatic rings. The molecule has 0 spiro atoms. The van der Waals surface area contributed by atoms with E-state index >= 15 is 0 Å². The lowest BCUT2D eigenvalue weighted by Gasteiger charge is -2.02. The highest BCUT2D eigenvalue weighted by atomic mass is 16.5. The highest BCUT2D eigenvalue weighted by molar-refractivity contribution is 5.92. The van der Waals surface area contributed by atoms with Crippen molar-refractivity contribution >= 4 is 5.91 Å². The topological polar surface area (TPSA) is 98.3 Å². The molecule has 1 heterocycles. The molecule has 0 saturated heterocycles. The molecule has 0 atom stereocenters. The number of carbonyl (C=O) groups excluding carboxylic acids is 1. The fourth-order valence-corrected chi connectivity index (χ4v) is 0.749. The summed E-state index contributed by atoms with van der Waals surface area (Å²) >= 11 is 0. The van der Waals surface area contributed by atoms with Crippen LogP contribution in [0.4, 0.5) is 0 Å². The third-order valence-corrected chi connectivity index (χ3v) is 1.26. The number of carbonyl (C=O) groups is 1. The summed E-state index contributed by atoms with van der Waals surface area (Å²) in [6.45, 7) is 2.16. The predicted octanol–water partition coefficient (Wildman–Crippen LogP) is -0.320. The van der Waals surface area contributed by atoms with Crippen molar-refractivity contribution in [2.75, 3.05) is 6.61 Å². The molecule has 13 heavy (non-hydrogen) atoms. The minimum atomic E-state index is -0.841. The van der Waals surface area contributed by atoms with Crippen molar-refractivity contribution in [3.8, 4) is 11.8 Å². The lowest BCUT2D eigenvalue weighted by molar-refractivity contribution is 0.0990. The molecule has 0 unspecified atom stereocenters. The van der Waals surface area contributed by atoms with Crippen molar-refractivity contribution in [1.82, 2.24) is 9.97 Å². The van der Waals surface area contributed by atoms with Crippen LogP contribution < -0.4 is 10.5 Å². The largest absolute Gasteiger partial charge is 0.492 e. The molecule has 0 bridgehead atoms. The van der Waals surface area contributed by atoms with Crippen LogP contribution in [-0.4, -0.2) is 27.6 Å². The van der Waals surface area contributed by atoms with Gasteiger partial charge in [-0.15, -0.1) is 0 Å². The Balaban J connectivity index is 3.04. The normalized spacial score (nSPS) is 9.62. The van der Waals surface area contributed by atoms with Crippen LogP contribution in [0.15, 0.2) is 6.20 Å². The fraction of sp³-hybridized carbons (Fsp3) is 0.286. The molecule has 0 aromatic carbocycles. The maximum Gasteiger partial charge on any atom is 0.273 e. The van der Waals surface area contributed by atoms with E-state index in [1.54, 1.807) is 6.92 Å². The standard InChI is InChI=1S/C7H9N3O3/c1-2-13-4-3-9-7(12)5(10-4)6(8)11/h3H,2H2,1H3,(H2,8,11)(H,9,12). The summed E-state index contributed by atoms with van der Waals surface area (Å²) in [5.74, 6) is -1.17. The van der Waals surface area contributed by atoms with E-state index in [-0.39, 0.29) is 11.6 Å². The molecule has 70 valence electrons. The number of hydrogen-bond donors (Lipinski definition) is 2. The average molecular weight is 183 g/mol. The van der Waals surface area contributed by atoms with Crippen LogP contribution in [0.25, 0.3) is 0 Å². The van der Waals surface area contributed by atoms with Gasteiger partial charge in [-0.2, -0.15) is 0 Å². The molecule has 0 aliphatic rings. The van der Waals surface area contributed by atoms with E-state index < -0.39 is 11.8 Å². The van der Waals surface area contributed by atoms with Gasteiger partial charge >= 0.3 is 0 Å². The zero-order valence-electron chi connectivity index (χ0n) is 7.02. The van der Waals surface area contributed by atoms with Crippen LogP contribution in [0.3, 0.4) is 0 Å². The molecule has 0 fully saturated rings. The van der Waals surface area contributed by atoms with Gasteiger partial charge in [0.25, 0.3) is 5.91 Å². The average Bonchev–Trinajstić information content (AvgIpc) is 2.08. The molecular formula is C7H9N3O3. The predicted molar refractivity (Wildman–Crippen MR) is 43.4 cm³/mol. The molecule has 0 aliphatic carbocycles. The fourth-order valence-electron chi connectivity index (χ4n) is 0.749. The quantitative estimate of drug-likeness (QED) is 0.669. The van der Waals surface area contributed by atoms with Crippen LogP contribution in [0.5, 0.6) is 11.8 Å². The van der Waals surface area contributed by atoms with Crippen molar-refractivity contribution in [1.29, 1.82) is 0 Å². The monoisotopic (exact) mass is 183 g/mol. The lowest BCUT2D eigenvalue weighted by atomic mass is 10.4. The number of hydrogen-bond acceptors (Lipinski definition) is 5. The van der Waals surface area contributed by atoms with Crippen molar-refractivity contribution in [2.45, 2.75) is 6.92 Å². The minimum absolute atomic E-state index is 0.161. The van der Waals surface area contributed by atoms with E-state index in [4.69, 9.17) is 15.6 Å². The molecule has 1 aromatic heterocycles. The first-order valence-electron chi connectivity index (χ1n) is 3.63. The number of amides is 1. The smallest absolute Gasteiger partial charge is 0.273 e. The lowest BCUT2D eigenvalue weighted by Crippen LogP contribution is -2.14. The van der Waals surface area contributed by atoms with Crippen LogP contribution >= 0.6 is 0 Å². The van der Waals surface area contributed by atoms with Gasteiger partial charge in [0.05, 0.1) is 12.8 Å². The van der Waals surface area contributed by atoms with E-state index in [0.717, 1.165) is 0 Å². The van der Waals surface area contributed by atoms with Crippen molar-refractivity contribution < 1.29 is 14.6 Å². The number of rotatable bonds is 3. The number of aromatic hydroxyl groups is 1. The summed E-state index contributed by atoms with van der Waals surface area (Å²) in [6, 6.07) is 0. The Bertz CT molecular complexity index is 327. The van der Waals surface area contributed by atoms with E-state index in [1.165, 1.54) is 6.20 Å². The van der Waals surface area contributed by atoms with E-state index in [2.05, 4.69) is 9.97 Å². The van der Waals surface area contributed by atoms with Crippen LogP contribution in [-0.2, 0) is 0 Å². The molecule has 6 heteroatoms. The summed E-state index contributed by atoms with van der Waals surface area (Å²) in [5.41, 5.74) is 4.64. The summed E-state index contributed by atoms with van der Waals surface area (Å²) in [6.07, 6.45) is 1.21. The first-order valence-corrected chi connectivity index (χ1v) is 3.63. The number of nitrogens with two attached hydrogens (primary N) is 1. The number of aromatic nitrogens is 2. The Morgan fingerprint density at radius 3 is 3.00 bits per heavy atom. The second-order valence-electron chi connectivity index (χ2n) is 2.18. The van der Waals surface area contributed by atoms with Gasteiger partial charge in [-0.1, -0.05) is 0 Å². The maximum absolute atomic E-state index is 10.7. The van der Waals surface area contributed by atoms with Crippen LogP contribution in [0.2, 0.25) is 0 Å². The highest BCUT2D eigenvalue weighted by Gasteiger charge is 2.11. The first kappa shape index (κ1) is 9.24. The minimum Gasteiger partial charge on any atom is -0.492 e. The van der Waals surface area contributed by atoms with Gasteiger partial charge in [-0.3, -0.25) is 4.79 Å². The second-order valence-corrected chi connectivity index (χ2v) is 2.18. The van der Waals surface area contributed by atoms with E-state index in [0.29, 0.717) is 6.61 Å². The zero-order valence-corrected chi connectivity index (χ0v) is 7.02. The number of primary amides is 1. The molecule has 0 saturated carbocycles. The summed E-state index contributed by atoms with van der Waals surface area (Å²) in [4.78, 5) is 17.8. The summed E-state index contributed by atoms with van der Waals surface area (Å²) < 4.78 is 4.96. The highest BCUT2D eigenvalue weighted by Crippen LogP contribution is 2.13. The van der Waals surface area contributed by atoms with Crippen LogP contribution in [0.1, 0.15) is 17.4 Å². The molecule has 1 amide bonds. The Hall–Kier alpha value is -1.85. The van der Waals surface area contributed by atoms with Gasteiger partial charge < -0.3 is 15.6 Å². The molecule has 0 radical (unpaired) electrons. The van der Waals surface area contributed by atoms with Gasteiger partial charge in [-0.25, -0.2) is 9.97 Å². The molecule has 1 rings (SSSR count). The third-order valence-electron chi connectivity index (χ3n) is 1.26. The van der Waals surface area contributed by atoms with Crippen molar-refractivity contribution in [3.63, 3.8) is 0 Å². The molecule has 3 N–H and O–H groups in total. The summed E-state index contributed by atoms with van der Waals surface area (Å²) in [7, 11) is 0. The first-order chi connectivity index (χ1) is 6.15. The number of nitrogens with zero attached hydrogens (tertiary/aromatic N) is 2. The van der Waals surface area contributed by atoms with Gasteiger partial charge in [0.15, 0.2) is 5.69 Å². The van der Waals surface area contributed by atoms with E-state index in [1.807, 2.05) is 0 Å². The molecule has 6 nitrogen and oxygen atoms in total. The van der Waals surface area contributed by atoms with E-state index in [9.17, 15) is 4.79 Å². The maximum atomic E-state index is 10.7. The van der Waals surface area contributed by atoms with Crippen molar-refractivity contribution in [3.05, 3.63) is 11.9 Å². The Morgan fingerprint density at radius 2 is 2.46 bits per heavy atom. The van der Waals surface area contributed by atoms with Crippen LogP contribution in [0, 0.1) is 0 Å². The van der Waals surface area contributed by atoms with Gasteiger partial charge in [-0.05, 0) is 6.92 Å². The van der Waals surface area contributed by atoms with Crippen molar-refractivity contribution in [2.24, 2.45) is 5.73 Å². The second kappa shape index (κ2) is 3.70. The number of ether oxygens (including phenoxy) is 1. The van der Waals surface area contributed by atoms with Gasteiger partial charge in [0.2, 0.25) is 11.8 Å². The van der Waals surface area contributed by atoms with Gasteiger partial charge in [0.1, 0.15) is 0 Å². The third kappa shape index (κ3) is 2.05. The molecular weight excluding hydrogens is 174 g/mol. The molecule has 0 aliphatic heterocycles. The van der Waals surface area contributed by atoms with Gasteiger partial charge in [0, 0.05) is 0 Å².